The number of halogens is 1. The fourth-order valence-electron chi connectivity index (χ4n) is 2.38. The Morgan fingerprint density at radius 3 is 2.71 bits per heavy atom. The number of rotatable bonds is 3. The molecule has 1 atom stereocenters. The third-order valence-corrected chi connectivity index (χ3v) is 5.32. The molecule has 1 aromatic heterocycles. The van der Waals surface area contributed by atoms with Gasteiger partial charge in [0, 0.05) is 6.42 Å². The SMILES string of the molecule is CCCc1nnc(Cl)n1C1(C)CCS(=O)(=O)C1. The number of sulfone groups is 1. The molecule has 5 nitrogen and oxygen atoms in total. The minimum absolute atomic E-state index is 0.120. The van der Waals surface area contributed by atoms with Crippen LogP contribution in [0.4, 0.5) is 0 Å². The van der Waals surface area contributed by atoms with Gasteiger partial charge in [0.2, 0.25) is 5.28 Å². The normalized spacial score (nSPS) is 27.5. The Hall–Kier alpha value is -0.620. The second-order valence-electron chi connectivity index (χ2n) is 4.81. The lowest BCUT2D eigenvalue weighted by Gasteiger charge is -2.26. The topological polar surface area (TPSA) is 64.8 Å². The average molecular weight is 278 g/mol. The third-order valence-electron chi connectivity index (χ3n) is 3.19. The van der Waals surface area contributed by atoms with Gasteiger partial charge in [-0.1, -0.05) is 6.92 Å². The van der Waals surface area contributed by atoms with E-state index in [4.69, 9.17) is 11.6 Å². The second kappa shape index (κ2) is 4.24. The predicted octanol–water partition coefficient (Wildman–Crippen LogP) is 1.42. The van der Waals surface area contributed by atoms with Gasteiger partial charge in [-0.25, -0.2) is 8.42 Å². The van der Waals surface area contributed by atoms with Crippen LogP contribution >= 0.6 is 11.6 Å². The van der Waals surface area contributed by atoms with Crippen molar-refractivity contribution in [1.82, 2.24) is 14.8 Å². The maximum Gasteiger partial charge on any atom is 0.225 e. The summed E-state index contributed by atoms with van der Waals surface area (Å²) in [5, 5.41) is 8.17. The number of aryl methyl sites for hydroxylation is 1. The number of nitrogens with zero attached hydrogens (tertiary/aromatic N) is 3. The monoisotopic (exact) mass is 277 g/mol. The molecule has 1 aliphatic heterocycles. The number of hydrogen-bond acceptors (Lipinski definition) is 4. The van der Waals surface area contributed by atoms with E-state index in [0.717, 1.165) is 18.7 Å². The lowest BCUT2D eigenvalue weighted by atomic mass is 10.0. The van der Waals surface area contributed by atoms with E-state index in [1.165, 1.54) is 0 Å². The van der Waals surface area contributed by atoms with E-state index >= 15 is 0 Å². The molecule has 1 aliphatic rings. The van der Waals surface area contributed by atoms with Crippen LogP contribution in [0.25, 0.3) is 0 Å². The molecule has 17 heavy (non-hydrogen) atoms. The molecular formula is C10H16ClN3O2S. The molecule has 7 heteroatoms. The summed E-state index contributed by atoms with van der Waals surface area (Å²) in [7, 11) is -2.96. The largest absolute Gasteiger partial charge is 0.295 e. The molecule has 2 heterocycles. The highest BCUT2D eigenvalue weighted by Crippen LogP contribution is 2.34. The quantitative estimate of drug-likeness (QED) is 0.838. The van der Waals surface area contributed by atoms with Gasteiger partial charge in [-0.2, -0.15) is 0 Å². The van der Waals surface area contributed by atoms with E-state index in [0.29, 0.717) is 6.42 Å². The molecule has 96 valence electrons. The molecule has 1 saturated heterocycles. The molecule has 0 aliphatic carbocycles. The van der Waals surface area contributed by atoms with Crippen LogP contribution in [0.15, 0.2) is 0 Å². The van der Waals surface area contributed by atoms with Crippen molar-refractivity contribution in [3.63, 3.8) is 0 Å². The summed E-state index contributed by atoms with van der Waals surface area (Å²) < 4.78 is 25.0. The molecule has 2 rings (SSSR count). The van der Waals surface area contributed by atoms with E-state index in [-0.39, 0.29) is 16.8 Å². The fourth-order valence-corrected chi connectivity index (χ4v) is 4.84. The lowest BCUT2D eigenvalue weighted by molar-refractivity contribution is 0.352. The van der Waals surface area contributed by atoms with Crippen molar-refractivity contribution in [3.05, 3.63) is 11.1 Å². The van der Waals surface area contributed by atoms with Gasteiger partial charge in [-0.3, -0.25) is 4.57 Å². The first kappa shape index (κ1) is 12.8. The lowest BCUT2D eigenvalue weighted by Crippen LogP contribution is -2.33. The molecule has 1 aromatic rings. The summed E-state index contributed by atoms with van der Waals surface area (Å²) in [5.74, 6) is 1.11. The Kier molecular flexibility index (Phi) is 3.20. The average Bonchev–Trinajstić information content (AvgIpc) is 2.70. The summed E-state index contributed by atoms with van der Waals surface area (Å²) in [6.45, 7) is 3.95. The molecular weight excluding hydrogens is 262 g/mol. The summed E-state index contributed by atoms with van der Waals surface area (Å²) in [4.78, 5) is 0. The van der Waals surface area contributed by atoms with Gasteiger partial charge < -0.3 is 0 Å². The van der Waals surface area contributed by atoms with Crippen LogP contribution in [-0.2, 0) is 21.8 Å². The van der Waals surface area contributed by atoms with Gasteiger partial charge in [0.25, 0.3) is 0 Å². The molecule has 0 spiro atoms. The Bertz CT molecular complexity index is 526. The summed E-state index contributed by atoms with van der Waals surface area (Å²) >= 11 is 6.04. The Morgan fingerprint density at radius 1 is 1.47 bits per heavy atom. The highest BCUT2D eigenvalue weighted by molar-refractivity contribution is 7.91. The van der Waals surface area contributed by atoms with Gasteiger partial charge in [0.1, 0.15) is 5.82 Å². The first-order chi connectivity index (χ1) is 7.88. The van der Waals surface area contributed by atoms with Crippen molar-refractivity contribution < 1.29 is 8.42 Å². The van der Waals surface area contributed by atoms with Crippen molar-refractivity contribution in [3.8, 4) is 0 Å². The fraction of sp³-hybridized carbons (Fsp3) is 0.800. The standard InChI is InChI=1S/C10H16ClN3O2S/c1-3-4-8-12-13-9(11)14(8)10(2)5-6-17(15,16)7-10/h3-7H2,1-2H3. The van der Waals surface area contributed by atoms with Crippen molar-refractivity contribution in [2.45, 2.75) is 38.6 Å². The van der Waals surface area contributed by atoms with E-state index in [9.17, 15) is 8.42 Å². The van der Waals surface area contributed by atoms with Crippen LogP contribution in [0.3, 0.4) is 0 Å². The highest BCUT2D eigenvalue weighted by atomic mass is 35.5. The molecule has 0 N–H and O–H groups in total. The van der Waals surface area contributed by atoms with E-state index in [1.54, 1.807) is 4.57 Å². The molecule has 0 bridgehead atoms. The van der Waals surface area contributed by atoms with Gasteiger partial charge in [-0.15, -0.1) is 10.2 Å². The van der Waals surface area contributed by atoms with Crippen LogP contribution in [0.1, 0.15) is 32.5 Å². The molecule has 0 radical (unpaired) electrons. The Balaban J connectivity index is 2.43. The Labute approximate surface area is 106 Å². The van der Waals surface area contributed by atoms with Crippen molar-refractivity contribution in [1.29, 1.82) is 0 Å². The maximum atomic E-state index is 11.6. The van der Waals surface area contributed by atoms with Crippen molar-refractivity contribution in [2.24, 2.45) is 0 Å². The van der Waals surface area contributed by atoms with Gasteiger partial charge in [0.05, 0.1) is 17.0 Å². The summed E-state index contributed by atoms with van der Waals surface area (Å²) in [6.07, 6.45) is 2.26. The summed E-state index contributed by atoms with van der Waals surface area (Å²) in [6, 6.07) is 0. The molecule has 0 aromatic carbocycles. The maximum absolute atomic E-state index is 11.6. The van der Waals surface area contributed by atoms with Gasteiger partial charge >= 0.3 is 0 Å². The molecule has 1 fully saturated rings. The zero-order valence-electron chi connectivity index (χ0n) is 9.98. The van der Waals surface area contributed by atoms with Crippen LogP contribution in [-0.4, -0.2) is 34.7 Å². The highest BCUT2D eigenvalue weighted by Gasteiger charge is 2.42. The number of hydrogen-bond donors (Lipinski definition) is 0. The van der Waals surface area contributed by atoms with Crippen LogP contribution in [0.2, 0.25) is 5.28 Å². The van der Waals surface area contributed by atoms with E-state index in [2.05, 4.69) is 10.2 Å². The zero-order chi connectivity index (χ0) is 12.7. The molecule has 1 unspecified atom stereocenters. The van der Waals surface area contributed by atoms with Gasteiger partial charge in [0.15, 0.2) is 9.84 Å². The van der Waals surface area contributed by atoms with Crippen molar-refractivity contribution in [2.75, 3.05) is 11.5 Å². The minimum Gasteiger partial charge on any atom is -0.295 e. The van der Waals surface area contributed by atoms with Gasteiger partial charge in [-0.05, 0) is 31.4 Å². The first-order valence-corrected chi connectivity index (χ1v) is 7.88. The van der Waals surface area contributed by atoms with Crippen LogP contribution in [0, 0.1) is 0 Å². The van der Waals surface area contributed by atoms with Crippen LogP contribution < -0.4 is 0 Å². The van der Waals surface area contributed by atoms with E-state index in [1.807, 2.05) is 13.8 Å². The zero-order valence-corrected chi connectivity index (χ0v) is 11.6. The molecule has 0 amide bonds. The van der Waals surface area contributed by atoms with E-state index < -0.39 is 15.4 Å². The second-order valence-corrected chi connectivity index (χ2v) is 7.33. The first-order valence-electron chi connectivity index (χ1n) is 5.69. The van der Waals surface area contributed by atoms with Crippen molar-refractivity contribution >= 4 is 21.4 Å². The predicted molar refractivity (Wildman–Crippen MR) is 65.9 cm³/mol. The number of aromatic nitrogens is 3. The third kappa shape index (κ3) is 2.33. The summed E-state index contributed by atoms with van der Waals surface area (Å²) in [5.41, 5.74) is -0.496. The minimum atomic E-state index is -2.96. The molecule has 0 saturated carbocycles. The Morgan fingerprint density at radius 2 is 2.18 bits per heavy atom. The van der Waals surface area contributed by atoms with Crippen LogP contribution in [0.5, 0.6) is 0 Å². The smallest absolute Gasteiger partial charge is 0.225 e.